The minimum Gasteiger partial charge on any atom is -0.352 e. The van der Waals surface area contributed by atoms with Crippen molar-refractivity contribution in [2.24, 2.45) is 0 Å². The van der Waals surface area contributed by atoms with Crippen molar-refractivity contribution >= 4 is 17.5 Å². The Hall–Kier alpha value is -2.94. The van der Waals surface area contributed by atoms with E-state index in [4.69, 9.17) is 10.5 Å². The van der Waals surface area contributed by atoms with Crippen LogP contribution in [0.4, 0.5) is 0 Å². The topological polar surface area (TPSA) is 83.4 Å². The lowest BCUT2D eigenvalue weighted by Crippen LogP contribution is -2.19. The summed E-state index contributed by atoms with van der Waals surface area (Å²) in [7, 11) is 0. The van der Waals surface area contributed by atoms with Crippen molar-refractivity contribution in [2.45, 2.75) is 0 Å². The largest absolute Gasteiger partial charge is 0.352 e. The summed E-state index contributed by atoms with van der Waals surface area (Å²) in [6.45, 7) is 0. The molecule has 2 rings (SSSR count). The molecule has 0 saturated carbocycles. The van der Waals surface area contributed by atoms with Gasteiger partial charge in [0.2, 0.25) is 0 Å². The maximum absolute atomic E-state index is 9.32. The SMILES string of the molecule is CSC1=C(C#N)C(=C(C#N)C#N)NC(c2ccccc2)=C1. The summed E-state index contributed by atoms with van der Waals surface area (Å²) < 4.78 is 0. The highest BCUT2D eigenvalue weighted by molar-refractivity contribution is 8.02. The molecular formula is C16H10N4S. The van der Waals surface area contributed by atoms with Gasteiger partial charge in [0.25, 0.3) is 0 Å². The van der Waals surface area contributed by atoms with Gasteiger partial charge in [-0.3, -0.25) is 0 Å². The van der Waals surface area contributed by atoms with Gasteiger partial charge in [-0.2, -0.15) is 15.8 Å². The molecule has 1 aliphatic rings. The Morgan fingerprint density at radius 1 is 1.10 bits per heavy atom. The number of rotatable bonds is 2. The number of allylic oxidation sites excluding steroid dienone is 3. The molecule has 1 N–H and O–H groups in total. The Morgan fingerprint density at radius 2 is 1.76 bits per heavy atom. The van der Waals surface area contributed by atoms with Crippen LogP contribution in [-0.4, -0.2) is 6.26 Å². The molecule has 0 aliphatic carbocycles. The fraction of sp³-hybridized carbons (Fsp3) is 0.0625. The third-order valence-electron chi connectivity index (χ3n) is 2.92. The van der Waals surface area contributed by atoms with E-state index in [1.54, 1.807) is 0 Å². The summed E-state index contributed by atoms with van der Waals surface area (Å²) in [6, 6.07) is 15.3. The van der Waals surface area contributed by atoms with Crippen molar-refractivity contribution in [1.29, 1.82) is 15.8 Å². The number of benzene rings is 1. The third-order valence-corrected chi connectivity index (χ3v) is 3.68. The van der Waals surface area contributed by atoms with Crippen LogP contribution in [0, 0.1) is 34.0 Å². The van der Waals surface area contributed by atoms with Crippen molar-refractivity contribution in [3.63, 3.8) is 0 Å². The van der Waals surface area contributed by atoms with Crippen molar-refractivity contribution in [3.05, 3.63) is 63.7 Å². The predicted octanol–water partition coefficient (Wildman–Crippen LogP) is 3.07. The Balaban J connectivity index is 2.66. The monoisotopic (exact) mass is 290 g/mol. The molecule has 4 nitrogen and oxygen atoms in total. The molecule has 5 heteroatoms. The van der Waals surface area contributed by atoms with Crippen LogP contribution in [0.5, 0.6) is 0 Å². The number of nitrogens with one attached hydrogen (secondary N) is 1. The highest BCUT2D eigenvalue weighted by atomic mass is 32.2. The maximum Gasteiger partial charge on any atom is 0.154 e. The quantitative estimate of drug-likeness (QED) is 0.846. The number of thioether (sulfide) groups is 1. The van der Waals surface area contributed by atoms with Gasteiger partial charge in [-0.15, -0.1) is 11.8 Å². The first-order chi connectivity index (χ1) is 10.2. The zero-order valence-electron chi connectivity index (χ0n) is 11.2. The minimum atomic E-state index is -0.0976. The number of nitrogens with zero attached hydrogens (tertiary/aromatic N) is 3. The molecule has 100 valence electrons. The van der Waals surface area contributed by atoms with Crippen LogP contribution < -0.4 is 5.32 Å². The number of dihydropyridines is 1. The Morgan fingerprint density at radius 3 is 2.29 bits per heavy atom. The first kappa shape index (κ1) is 14.5. The summed E-state index contributed by atoms with van der Waals surface area (Å²) in [5.74, 6) is 0. The predicted molar refractivity (Wildman–Crippen MR) is 82.0 cm³/mol. The zero-order valence-corrected chi connectivity index (χ0v) is 12.0. The molecule has 0 saturated heterocycles. The van der Waals surface area contributed by atoms with Gasteiger partial charge in [-0.1, -0.05) is 30.3 Å². The summed E-state index contributed by atoms with van der Waals surface area (Å²) in [5, 5.41) is 30.5. The molecule has 21 heavy (non-hydrogen) atoms. The van der Waals surface area contributed by atoms with Crippen LogP contribution >= 0.6 is 11.8 Å². The third kappa shape index (κ3) is 2.82. The molecule has 0 amide bonds. The molecule has 0 fully saturated rings. The molecule has 0 spiro atoms. The van der Waals surface area contributed by atoms with E-state index in [1.165, 1.54) is 11.8 Å². The smallest absolute Gasteiger partial charge is 0.154 e. The fourth-order valence-electron chi connectivity index (χ4n) is 1.93. The summed E-state index contributed by atoms with van der Waals surface area (Å²) in [6.07, 6.45) is 3.71. The van der Waals surface area contributed by atoms with E-state index in [0.29, 0.717) is 5.57 Å². The van der Waals surface area contributed by atoms with Gasteiger partial charge in [-0.25, -0.2) is 0 Å². The van der Waals surface area contributed by atoms with E-state index in [9.17, 15) is 5.26 Å². The van der Waals surface area contributed by atoms with Crippen molar-refractivity contribution in [1.82, 2.24) is 5.32 Å². The van der Waals surface area contributed by atoms with Gasteiger partial charge >= 0.3 is 0 Å². The van der Waals surface area contributed by atoms with Gasteiger partial charge in [-0.05, 0) is 17.9 Å². The molecule has 1 heterocycles. The highest BCUT2D eigenvalue weighted by Gasteiger charge is 2.22. The Kier molecular flexibility index (Phi) is 4.46. The van der Waals surface area contributed by atoms with Gasteiger partial charge in [0.1, 0.15) is 18.2 Å². The lowest BCUT2D eigenvalue weighted by atomic mass is 10.0. The highest BCUT2D eigenvalue weighted by Crippen LogP contribution is 2.32. The van der Waals surface area contributed by atoms with Crippen LogP contribution in [0.25, 0.3) is 5.70 Å². The molecule has 1 aromatic carbocycles. The first-order valence-corrected chi connectivity index (χ1v) is 7.25. The second-order valence-corrected chi connectivity index (χ2v) is 4.93. The molecule has 1 aromatic rings. The molecule has 0 radical (unpaired) electrons. The number of hydrogen-bond donors (Lipinski definition) is 1. The second-order valence-electron chi connectivity index (χ2n) is 4.08. The van der Waals surface area contributed by atoms with Crippen molar-refractivity contribution in [2.75, 3.05) is 6.26 Å². The van der Waals surface area contributed by atoms with Crippen LogP contribution in [-0.2, 0) is 0 Å². The standard InChI is InChI=1S/C16H10N4S/c1-21-15-7-14(11-5-3-2-4-6-11)20-16(13(15)10-19)12(8-17)9-18/h2-7,20H,1H3. The fourth-order valence-corrected chi connectivity index (χ4v) is 2.52. The second kappa shape index (κ2) is 6.48. The summed E-state index contributed by atoms with van der Waals surface area (Å²) >= 11 is 1.41. The molecular weight excluding hydrogens is 280 g/mol. The van der Waals surface area contributed by atoms with E-state index < -0.39 is 0 Å². The van der Waals surface area contributed by atoms with E-state index in [0.717, 1.165) is 16.2 Å². The molecule has 0 bridgehead atoms. The summed E-state index contributed by atoms with van der Waals surface area (Å²) in [4.78, 5) is 0.730. The zero-order chi connectivity index (χ0) is 15.2. The van der Waals surface area contributed by atoms with Crippen molar-refractivity contribution in [3.8, 4) is 18.2 Å². The normalized spacial score (nSPS) is 13.4. The van der Waals surface area contributed by atoms with E-state index in [2.05, 4.69) is 11.4 Å². The maximum atomic E-state index is 9.32. The lowest BCUT2D eigenvalue weighted by Gasteiger charge is -2.21. The van der Waals surface area contributed by atoms with E-state index in [-0.39, 0.29) is 11.3 Å². The van der Waals surface area contributed by atoms with Crippen LogP contribution in [0.1, 0.15) is 5.56 Å². The lowest BCUT2D eigenvalue weighted by molar-refractivity contribution is 1.07. The van der Waals surface area contributed by atoms with Crippen LogP contribution in [0.2, 0.25) is 0 Å². The molecule has 0 aromatic heterocycles. The van der Waals surface area contributed by atoms with Crippen molar-refractivity contribution < 1.29 is 0 Å². The Bertz CT molecular complexity index is 764. The first-order valence-electron chi connectivity index (χ1n) is 6.02. The van der Waals surface area contributed by atoms with Gasteiger partial charge in [0.15, 0.2) is 5.57 Å². The van der Waals surface area contributed by atoms with E-state index >= 15 is 0 Å². The average Bonchev–Trinajstić information content (AvgIpc) is 2.56. The Labute approximate surface area is 127 Å². The van der Waals surface area contributed by atoms with Crippen LogP contribution in [0.3, 0.4) is 0 Å². The number of hydrogen-bond acceptors (Lipinski definition) is 5. The average molecular weight is 290 g/mol. The van der Waals surface area contributed by atoms with Gasteiger partial charge in [0, 0.05) is 10.6 Å². The molecule has 0 atom stereocenters. The van der Waals surface area contributed by atoms with Crippen LogP contribution in [0.15, 0.2) is 58.2 Å². The number of nitriles is 3. The minimum absolute atomic E-state index is 0.0976. The van der Waals surface area contributed by atoms with Gasteiger partial charge in [0.05, 0.1) is 11.3 Å². The van der Waals surface area contributed by atoms with E-state index in [1.807, 2.05) is 54.8 Å². The molecule has 0 unspecified atom stereocenters. The molecule has 1 aliphatic heterocycles. The summed E-state index contributed by atoms with van der Waals surface area (Å²) in [5.41, 5.74) is 2.18. The van der Waals surface area contributed by atoms with Gasteiger partial charge < -0.3 is 5.32 Å².